The quantitative estimate of drug-likeness (QED) is 0.603. The third-order valence-corrected chi connectivity index (χ3v) is 5.60. The van der Waals surface area contributed by atoms with E-state index in [1.165, 1.54) is 0 Å². The molecule has 1 saturated heterocycles. The van der Waals surface area contributed by atoms with Gasteiger partial charge in [0, 0.05) is 0 Å². The maximum atomic E-state index is 6.21. The Kier molecular flexibility index (Phi) is 5.81. The molecule has 1 aliphatic heterocycles. The van der Waals surface area contributed by atoms with Crippen molar-refractivity contribution < 1.29 is 18.9 Å². The standard InChI is InChI=1S/C16H25N5O4Se/c1-19(2)16-18-13-10(15(26)20(16)3)17-8-21(13)14-12(24-6)11(23-5)9(25-14)7-22-4/h8-9,11-12,14H,7H2,1-6H3/t9-,11-,12-,14-/m1/s1. The summed E-state index contributed by atoms with van der Waals surface area (Å²) in [7, 11) is 10.8. The first-order valence-electron chi connectivity index (χ1n) is 8.25. The third-order valence-electron chi connectivity index (χ3n) is 4.62. The van der Waals surface area contributed by atoms with Crippen LogP contribution in [0.25, 0.3) is 11.2 Å². The van der Waals surface area contributed by atoms with Crippen molar-refractivity contribution in [2.75, 3.05) is 46.9 Å². The molecule has 0 bridgehead atoms. The summed E-state index contributed by atoms with van der Waals surface area (Å²) in [6.45, 7) is 0.416. The molecule has 0 aromatic carbocycles. The van der Waals surface area contributed by atoms with Crippen LogP contribution in [0.4, 0.5) is 5.95 Å². The number of nitrogens with zero attached hydrogens (tertiary/aromatic N) is 5. The molecule has 0 radical (unpaired) electrons. The molecule has 0 amide bonds. The Morgan fingerprint density at radius 3 is 2.50 bits per heavy atom. The molecule has 1 fully saturated rings. The second-order valence-corrected chi connectivity index (χ2v) is 7.23. The van der Waals surface area contributed by atoms with Crippen molar-refractivity contribution in [3.8, 4) is 0 Å². The van der Waals surface area contributed by atoms with Crippen molar-refractivity contribution in [2.24, 2.45) is 7.05 Å². The molecule has 10 heteroatoms. The summed E-state index contributed by atoms with van der Waals surface area (Å²) in [4.78, 5) is 11.3. The molecular formula is C16H25N5O4Se. The Hall–Kier alpha value is -1.29. The van der Waals surface area contributed by atoms with Gasteiger partial charge in [0.1, 0.15) is 0 Å². The Morgan fingerprint density at radius 1 is 1.23 bits per heavy atom. The van der Waals surface area contributed by atoms with Crippen LogP contribution < -0.4 is 4.90 Å². The fraction of sp³-hybridized carbons (Fsp3) is 0.688. The second kappa shape index (κ2) is 7.75. The minimum absolute atomic E-state index is 0.238. The Labute approximate surface area is 160 Å². The number of methoxy groups -OCH3 is 3. The Balaban J connectivity index is 2.11. The molecule has 3 heterocycles. The van der Waals surface area contributed by atoms with Crippen LogP contribution in [-0.4, -0.2) is 95.0 Å². The van der Waals surface area contributed by atoms with E-state index in [1.807, 2.05) is 35.2 Å². The van der Waals surface area contributed by atoms with Gasteiger partial charge in [-0.25, -0.2) is 0 Å². The molecule has 0 unspecified atom stereocenters. The molecule has 26 heavy (non-hydrogen) atoms. The normalized spacial score (nSPS) is 25.9. The second-order valence-electron chi connectivity index (χ2n) is 6.42. The third kappa shape index (κ3) is 3.11. The summed E-state index contributed by atoms with van der Waals surface area (Å²) in [5.41, 5.74) is 1.50. The molecule has 2 aromatic rings. The summed E-state index contributed by atoms with van der Waals surface area (Å²) < 4.78 is 27.6. The average molecular weight is 430 g/mol. The van der Waals surface area contributed by atoms with E-state index < -0.39 is 6.23 Å². The molecule has 3 rings (SSSR count). The van der Waals surface area contributed by atoms with E-state index in [2.05, 4.69) is 20.6 Å². The number of rotatable bonds is 6. The van der Waals surface area contributed by atoms with Crippen LogP contribution in [0, 0.1) is 4.19 Å². The predicted octanol–water partition coefficient (Wildman–Crippen LogP) is 0.110. The number of imidazole rings is 1. The maximum absolute atomic E-state index is 6.21. The fourth-order valence-corrected chi connectivity index (χ4v) is 3.86. The van der Waals surface area contributed by atoms with Gasteiger partial charge in [-0.1, -0.05) is 0 Å². The van der Waals surface area contributed by atoms with Gasteiger partial charge in [0.25, 0.3) is 0 Å². The van der Waals surface area contributed by atoms with Gasteiger partial charge >= 0.3 is 160 Å². The number of hydrogen-bond donors (Lipinski definition) is 0. The topological polar surface area (TPSA) is 75.8 Å². The molecule has 0 N–H and O–H groups in total. The van der Waals surface area contributed by atoms with E-state index in [1.54, 1.807) is 27.7 Å². The fourth-order valence-electron chi connectivity index (χ4n) is 3.39. The van der Waals surface area contributed by atoms with Crippen LogP contribution >= 0.6 is 0 Å². The van der Waals surface area contributed by atoms with Crippen molar-refractivity contribution in [3.05, 3.63) is 10.5 Å². The van der Waals surface area contributed by atoms with Crippen LogP contribution in [0.3, 0.4) is 0 Å². The van der Waals surface area contributed by atoms with Crippen molar-refractivity contribution in [2.45, 2.75) is 24.5 Å². The van der Waals surface area contributed by atoms with Crippen LogP contribution in [0.1, 0.15) is 6.23 Å². The number of anilines is 1. The van der Waals surface area contributed by atoms with Gasteiger partial charge in [-0.3, -0.25) is 0 Å². The number of hydrogen-bond acceptors (Lipinski definition) is 7. The zero-order valence-corrected chi connectivity index (χ0v) is 17.6. The summed E-state index contributed by atoms with van der Waals surface area (Å²) in [6, 6.07) is 0. The predicted molar refractivity (Wildman–Crippen MR) is 97.2 cm³/mol. The van der Waals surface area contributed by atoms with E-state index in [0.29, 0.717) is 6.61 Å². The van der Waals surface area contributed by atoms with Crippen LogP contribution in [-0.2, 0) is 26.0 Å². The zero-order chi connectivity index (χ0) is 19.0. The molecule has 0 aliphatic carbocycles. The van der Waals surface area contributed by atoms with Gasteiger partial charge in [-0.15, -0.1) is 0 Å². The monoisotopic (exact) mass is 431 g/mol. The molecular weight excluding hydrogens is 405 g/mol. The van der Waals surface area contributed by atoms with Crippen molar-refractivity contribution >= 4 is 32.7 Å². The molecule has 144 valence electrons. The molecule has 1 aliphatic rings. The minimum atomic E-state index is -0.412. The molecule has 0 spiro atoms. The van der Waals surface area contributed by atoms with E-state index in [9.17, 15) is 0 Å². The van der Waals surface area contributed by atoms with Gasteiger partial charge in [-0.2, -0.15) is 0 Å². The molecule has 9 nitrogen and oxygen atoms in total. The Morgan fingerprint density at radius 2 is 1.92 bits per heavy atom. The first-order chi connectivity index (χ1) is 12.4. The van der Waals surface area contributed by atoms with E-state index in [0.717, 1.165) is 21.3 Å². The first-order valence-corrected chi connectivity index (χ1v) is 9.11. The zero-order valence-electron chi connectivity index (χ0n) is 15.9. The van der Waals surface area contributed by atoms with Crippen LogP contribution in [0.5, 0.6) is 0 Å². The average Bonchev–Trinajstić information content (AvgIpc) is 3.18. The summed E-state index contributed by atoms with van der Waals surface area (Å²) in [6.07, 6.45) is 0.530. The molecule has 4 atom stereocenters. The van der Waals surface area contributed by atoms with E-state index in [4.69, 9.17) is 23.9 Å². The van der Waals surface area contributed by atoms with Crippen LogP contribution in [0.2, 0.25) is 0 Å². The van der Waals surface area contributed by atoms with Gasteiger partial charge in [0.2, 0.25) is 0 Å². The van der Waals surface area contributed by atoms with Crippen molar-refractivity contribution in [1.82, 2.24) is 19.1 Å². The van der Waals surface area contributed by atoms with Gasteiger partial charge in [0.05, 0.1) is 0 Å². The van der Waals surface area contributed by atoms with Crippen molar-refractivity contribution in [1.29, 1.82) is 0 Å². The first kappa shape index (κ1) is 19.5. The van der Waals surface area contributed by atoms with E-state index in [-0.39, 0.29) is 18.3 Å². The van der Waals surface area contributed by atoms with Gasteiger partial charge in [0.15, 0.2) is 0 Å². The van der Waals surface area contributed by atoms with Gasteiger partial charge < -0.3 is 0 Å². The summed E-state index contributed by atoms with van der Waals surface area (Å²) >= 11 is 3.09. The summed E-state index contributed by atoms with van der Waals surface area (Å²) in [5.74, 6) is 0.802. The van der Waals surface area contributed by atoms with Crippen molar-refractivity contribution in [3.63, 3.8) is 0 Å². The van der Waals surface area contributed by atoms with Crippen LogP contribution in [0.15, 0.2) is 6.33 Å². The summed E-state index contributed by atoms with van der Waals surface area (Å²) in [5, 5.41) is 0. The molecule has 0 saturated carbocycles. The van der Waals surface area contributed by atoms with Gasteiger partial charge in [-0.05, 0) is 0 Å². The SMILES string of the molecule is COC[C@H]1O[C@@H](n2cnc3c(=[Se])n(C)c(N(C)C)nc32)[C@H](OC)[C@@H]1OC. The van der Waals surface area contributed by atoms with E-state index >= 15 is 0 Å². The molecule has 2 aromatic heterocycles. The Bertz CT molecular complexity index is 836. The number of fused-ring (bicyclic) bond motifs is 1. The number of aromatic nitrogens is 4. The number of ether oxygens (including phenoxy) is 4.